The number of nitrogens with zero attached hydrogens (tertiary/aromatic N) is 1. The lowest BCUT2D eigenvalue weighted by Crippen LogP contribution is -2.33. The van der Waals surface area contributed by atoms with E-state index in [1.807, 2.05) is 30.3 Å². The van der Waals surface area contributed by atoms with Crippen LogP contribution in [0.1, 0.15) is 11.5 Å². The van der Waals surface area contributed by atoms with Crippen molar-refractivity contribution >= 4 is 35.5 Å². The van der Waals surface area contributed by atoms with Crippen LogP contribution in [-0.4, -0.2) is 34.1 Å². The second-order valence-electron chi connectivity index (χ2n) is 3.85. The first-order valence-corrected chi connectivity index (χ1v) is 6.97. The molecular formula is C12H13NO2S2. The van der Waals surface area contributed by atoms with Crippen molar-refractivity contribution in [1.82, 2.24) is 4.90 Å². The lowest BCUT2D eigenvalue weighted by Gasteiger charge is -2.20. The van der Waals surface area contributed by atoms with E-state index < -0.39 is 0 Å². The van der Waals surface area contributed by atoms with Gasteiger partial charge in [-0.05, 0) is 11.3 Å². The summed E-state index contributed by atoms with van der Waals surface area (Å²) < 4.78 is 0. The molecular weight excluding hydrogens is 254 g/mol. The number of hydrogen-bond donors (Lipinski definition) is 1. The fraction of sp³-hybridized carbons (Fsp3) is 0.333. The zero-order valence-electron chi connectivity index (χ0n) is 9.20. The van der Waals surface area contributed by atoms with Crippen LogP contribution >= 0.6 is 24.4 Å². The first-order chi connectivity index (χ1) is 8.22. The second kappa shape index (κ2) is 5.60. The molecule has 17 heavy (non-hydrogen) atoms. The van der Waals surface area contributed by atoms with Crippen LogP contribution in [0.15, 0.2) is 30.3 Å². The minimum atomic E-state index is -0.141. The summed E-state index contributed by atoms with van der Waals surface area (Å²) >= 11 is 5.38. The molecule has 0 spiro atoms. The maximum atomic E-state index is 11.5. The van der Waals surface area contributed by atoms with Crippen molar-refractivity contribution < 1.29 is 9.59 Å². The first kappa shape index (κ1) is 12.5. The van der Waals surface area contributed by atoms with E-state index in [9.17, 15) is 9.59 Å². The molecule has 1 heterocycles. The molecule has 1 atom stereocenters. The van der Waals surface area contributed by atoms with Crippen LogP contribution in [0, 0.1) is 0 Å². The van der Waals surface area contributed by atoms with E-state index in [1.54, 1.807) is 0 Å². The molecule has 1 fully saturated rings. The molecule has 0 aliphatic carbocycles. The van der Waals surface area contributed by atoms with E-state index >= 15 is 0 Å². The number of carbonyl (C=O) groups is 2. The zero-order valence-corrected chi connectivity index (χ0v) is 10.9. The summed E-state index contributed by atoms with van der Waals surface area (Å²) in [5, 5.41) is -0.141. The Bertz CT molecular complexity index is 406. The van der Waals surface area contributed by atoms with E-state index in [4.69, 9.17) is 0 Å². The Morgan fingerprint density at radius 3 is 2.53 bits per heavy atom. The van der Waals surface area contributed by atoms with E-state index in [-0.39, 0.29) is 22.8 Å². The van der Waals surface area contributed by atoms with Crippen molar-refractivity contribution in [2.24, 2.45) is 0 Å². The van der Waals surface area contributed by atoms with Crippen LogP contribution in [0.25, 0.3) is 0 Å². The largest absolute Gasteiger partial charge is 0.288 e. The Morgan fingerprint density at radius 1 is 1.29 bits per heavy atom. The van der Waals surface area contributed by atoms with Crippen LogP contribution < -0.4 is 0 Å². The molecule has 0 radical (unpaired) electrons. The van der Waals surface area contributed by atoms with Crippen molar-refractivity contribution in [3.8, 4) is 0 Å². The highest BCUT2D eigenvalue weighted by atomic mass is 32.2. The summed E-state index contributed by atoms with van der Waals surface area (Å²) in [6.07, 6.45) is 0. The molecule has 2 rings (SSSR count). The summed E-state index contributed by atoms with van der Waals surface area (Å²) in [4.78, 5) is 24.4. The number of benzene rings is 1. The molecule has 1 saturated heterocycles. The summed E-state index contributed by atoms with van der Waals surface area (Å²) in [7, 11) is 0. The second-order valence-corrected chi connectivity index (χ2v) is 5.14. The molecule has 3 nitrogen and oxygen atoms in total. The predicted molar refractivity (Wildman–Crippen MR) is 72.6 cm³/mol. The Labute approximate surface area is 110 Å². The molecule has 0 N–H and O–H groups in total. The van der Waals surface area contributed by atoms with E-state index in [2.05, 4.69) is 12.6 Å². The summed E-state index contributed by atoms with van der Waals surface area (Å²) in [5.41, 5.74) is 1.11. The summed E-state index contributed by atoms with van der Waals surface area (Å²) in [6, 6.07) is 9.85. The normalized spacial score (nSPS) is 17.6. The fourth-order valence-electron chi connectivity index (χ4n) is 1.77. The minimum Gasteiger partial charge on any atom is -0.273 e. The Kier molecular flexibility index (Phi) is 4.12. The number of rotatable bonds is 4. The summed E-state index contributed by atoms with van der Waals surface area (Å²) in [6.45, 7) is 0.429. The molecule has 0 saturated carbocycles. The molecule has 90 valence electrons. The quantitative estimate of drug-likeness (QED) is 0.851. The van der Waals surface area contributed by atoms with Crippen molar-refractivity contribution in [2.45, 2.75) is 5.92 Å². The van der Waals surface area contributed by atoms with Gasteiger partial charge >= 0.3 is 0 Å². The number of thioether (sulfide) groups is 1. The van der Waals surface area contributed by atoms with Gasteiger partial charge in [-0.15, -0.1) is 0 Å². The number of imide groups is 1. The highest BCUT2D eigenvalue weighted by Gasteiger charge is 2.31. The smallest absolute Gasteiger partial charge is 0.273 e. The van der Waals surface area contributed by atoms with Gasteiger partial charge in [-0.2, -0.15) is 12.6 Å². The van der Waals surface area contributed by atoms with Crippen LogP contribution in [0.2, 0.25) is 0 Å². The number of carbonyl (C=O) groups excluding carboxylic acids is 2. The molecule has 2 amide bonds. The van der Waals surface area contributed by atoms with Gasteiger partial charge in [0.05, 0.1) is 5.75 Å². The molecule has 1 aromatic carbocycles. The maximum absolute atomic E-state index is 11.5. The molecule has 0 bridgehead atoms. The van der Waals surface area contributed by atoms with Crippen LogP contribution in [-0.2, 0) is 4.79 Å². The first-order valence-electron chi connectivity index (χ1n) is 5.35. The minimum absolute atomic E-state index is 0.0947. The predicted octanol–water partition coefficient (Wildman–Crippen LogP) is 2.40. The van der Waals surface area contributed by atoms with Gasteiger partial charge in [-0.3, -0.25) is 14.5 Å². The highest BCUT2D eigenvalue weighted by molar-refractivity contribution is 8.14. The van der Waals surface area contributed by atoms with E-state index in [0.717, 1.165) is 17.3 Å². The molecule has 1 aliphatic rings. The standard InChI is InChI=1S/C12H13NO2S2/c14-11-8-17-12(15)13(11)6-10(7-16)9-4-2-1-3-5-9/h1-5,10,16H,6-8H2. The van der Waals surface area contributed by atoms with Crippen molar-refractivity contribution in [3.63, 3.8) is 0 Å². The van der Waals surface area contributed by atoms with Gasteiger partial charge in [0.1, 0.15) is 0 Å². The SMILES string of the molecule is O=C1CSC(=O)N1CC(CS)c1ccccc1. The van der Waals surface area contributed by atoms with Crippen molar-refractivity contribution in [1.29, 1.82) is 0 Å². The van der Waals surface area contributed by atoms with E-state index in [0.29, 0.717) is 12.3 Å². The number of amides is 2. The maximum Gasteiger partial charge on any atom is 0.288 e. The van der Waals surface area contributed by atoms with Gasteiger partial charge in [-0.1, -0.05) is 42.1 Å². The number of hydrogen-bond acceptors (Lipinski definition) is 4. The van der Waals surface area contributed by atoms with E-state index in [1.165, 1.54) is 4.90 Å². The average Bonchev–Trinajstić information content (AvgIpc) is 2.68. The Balaban J connectivity index is 2.10. The topological polar surface area (TPSA) is 37.4 Å². The van der Waals surface area contributed by atoms with Gasteiger partial charge in [-0.25, -0.2) is 0 Å². The van der Waals surface area contributed by atoms with Crippen molar-refractivity contribution in [3.05, 3.63) is 35.9 Å². The average molecular weight is 267 g/mol. The Morgan fingerprint density at radius 2 is 2.00 bits per heavy atom. The van der Waals surface area contributed by atoms with Gasteiger partial charge < -0.3 is 0 Å². The molecule has 1 aliphatic heterocycles. The van der Waals surface area contributed by atoms with Gasteiger partial charge in [0.2, 0.25) is 5.91 Å². The van der Waals surface area contributed by atoms with Gasteiger partial charge in [0.25, 0.3) is 5.24 Å². The van der Waals surface area contributed by atoms with Crippen LogP contribution in [0.5, 0.6) is 0 Å². The third-order valence-corrected chi connectivity index (χ3v) is 4.03. The van der Waals surface area contributed by atoms with Crippen LogP contribution in [0.4, 0.5) is 4.79 Å². The molecule has 5 heteroatoms. The summed E-state index contributed by atoms with van der Waals surface area (Å²) in [5.74, 6) is 0.896. The molecule has 1 unspecified atom stereocenters. The monoisotopic (exact) mass is 267 g/mol. The highest BCUT2D eigenvalue weighted by Crippen LogP contribution is 2.24. The molecule has 1 aromatic rings. The van der Waals surface area contributed by atoms with Gasteiger partial charge in [0, 0.05) is 12.5 Å². The third kappa shape index (κ3) is 2.84. The van der Waals surface area contributed by atoms with Crippen LogP contribution in [0.3, 0.4) is 0 Å². The van der Waals surface area contributed by atoms with Gasteiger partial charge in [0.15, 0.2) is 0 Å². The van der Waals surface area contributed by atoms with Crippen molar-refractivity contribution in [2.75, 3.05) is 18.1 Å². The fourth-order valence-corrected chi connectivity index (χ4v) is 2.83. The lowest BCUT2D eigenvalue weighted by molar-refractivity contribution is -0.124. The zero-order chi connectivity index (χ0) is 12.3. The Hall–Kier alpha value is -0.940. The number of thiol groups is 1. The molecule has 0 aromatic heterocycles. The third-order valence-electron chi connectivity index (χ3n) is 2.73. The lowest BCUT2D eigenvalue weighted by atomic mass is 10.0.